The van der Waals surface area contributed by atoms with E-state index < -0.39 is 21.8 Å². The fourth-order valence-electron chi connectivity index (χ4n) is 4.00. The van der Waals surface area contributed by atoms with Crippen molar-refractivity contribution < 1.29 is 21.6 Å². The molecule has 0 aliphatic carbocycles. The number of aromatic nitrogens is 1. The first-order chi connectivity index (χ1) is 13.6. The number of benzene rings is 2. The molecule has 0 saturated heterocycles. The number of nitrogens with zero attached hydrogens (tertiary/aromatic N) is 2. The standard InChI is InChI=1S/C21H21F3N2O2S/c1-14-8-9-20-17(11-14)18-13-25(2)10-4-7-19(18)26(20)29(27,28)16-6-3-5-15(12-16)21(22,23)24/h3,5-6,8-9,11-12H,4,7,10,13H2,1-2H3. The molecule has 0 amide bonds. The highest BCUT2D eigenvalue weighted by Gasteiger charge is 2.33. The molecule has 0 spiro atoms. The number of aryl methyl sites for hydroxylation is 1. The molecule has 1 aromatic heterocycles. The summed E-state index contributed by atoms with van der Waals surface area (Å²) in [5, 5.41) is 0.837. The van der Waals surface area contributed by atoms with E-state index in [9.17, 15) is 21.6 Å². The summed E-state index contributed by atoms with van der Waals surface area (Å²) in [6.07, 6.45) is -3.29. The molecule has 4 rings (SSSR count). The zero-order valence-electron chi connectivity index (χ0n) is 16.1. The Balaban J connectivity index is 2.00. The Morgan fingerprint density at radius 3 is 2.55 bits per heavy atom. The van der Waals surface area contributed by atoms with E-state index in [4.69, 9.17) is 0 Å². The fourth-order valence-corrected chi connectivity index (χ4v) is 5.65. The maximum absolute atomic E-state index is 13.5. The van der Waals surface area contributed by atoms with Crippen molar-refractivity contribution in [1.82, 2.24) is 8.87 Å². The van der Waals surface area contributed by atoms with Crippen LogP contribution in [0.5, 0.6) is 0 Å². The molecule has 0 N–H and O–H groups in total. The second-order valence-electron chi connectivity index (χ2n) is 7.58. The lowest BCUT2D eigenvalue weighted by molar-refractivity contribution is -0.137. The van der Waals surface area contributed by atoms with E-state index in [0.717, 1.165) is 41.6 Å². The summed E-state index contributed by atoms with van der Waals surface area (Å²) in [7, 11) is -2.21. The van der Waals surface area contributed by atoms with Crippen LogP contribution in [-0.2, 0) is 29.2 Å². The number of alkyl halides is 3. The number of fused-ring (bicyclic) bond motifs is 3. The summed E-state index contributed by atoms with van der Waals surface area (Å²) in [5.74, 6) is 0. The van der Waals surface area contributed by atoms with Crippen molar-refractivity contribution in [1.29, 1.82) is 0 Å². The molecule has 0 atom stereocenters. The largest absolute Gasteiger partial charge is 0.416 e. The highest BCUT2D eigenvalue weighted by atomic mass is 32.2. The van der Waals surface area contributed by atoms with Crippen LogP contribution in [0.4, 0.5) is 13.2 Å². The molecular formula is C21H21F3N2O2S. The molecule has 3 aromatic rings. The van der Waals surface area contributed by atoms with Crippen molar-refractivity contribution in [2.24, 2.45) is 0 Å². The van der Waals surface area contributed by atoms with Gasteiger partial charge in [0.05, 0.1) is 16.0 Å². The van der Waals surface area contributed by atoms with Crippen LogP contribution in [0.1, 0.15) is 28.8 Å². The highest BCUT2D eigenvalue weighted by molar-refractivity contribution is 7.90. The third-order valence-corrected chi connectivity index (χ3v) is 7.12. The predicted molar refractivity (Wildman–Crippen MR) is 105 cm³/mol. The van der Waals surface area contributed by atoms with Gasteiger partial charge in [-0.1, -0.05) is 17.7 Å². The molecule has 0 saturated carbocycles. The quantitative estimate of drug-likeness (QED) is 0.607. The second-order valence-corrected chi connectivity index (χ2v) is 9.37. The molecule has 0 bridgehead atoms. The Bertz CT molecular complexity index is 1200. The molecule has 1 aliphatic rings. The van der Waals surface area contributed by atoms with E-state index in [1.165, 1.54) is 10.0 Å². The normalized spacial score (nSPS) is 16.0. The van der Waals surface area contributed by atoms with Gasteiger partial charge < -0.3 is 4.90 Å². The molecular weight excluding hydrogens is 401 g/mol. The van der Waals surface area contributed by atoms with Crippen LogP contribution in [0.2, 0.25) is 0 Å². The third kappa shape index (κ3) is 3.44. The van der Waals surface area contributed by atoms with Crippen molar-refractivity contribution in [2.45, 2.75) is 37.4 Å². The van der Waals surface area contributed by atoms with Crippen molar-refractivity contribution in [3.8, 4) is 0 Å². The summed E-state index contributed by atoms with van der Waals surface area (Å²) in [5.41, 5.74) is 2.12. The minimum Gasteiger partial charge on any atom is -0.302 e. The Hall–Kier alpha value is -2.32. The Labute approximate surface area is 167 Å². The van der Waals surface area contributed by atoms with Crippen molar-refractivity contribution in [3.05, 3.63) is 64.8 Å². The van der Waals surface area contributed by atoms with E-state index in [1.807, 2.05) is 26.1 Å². The second kappa shape index (κ2) is 6.88. The number of rotatable bonds is 2. The van der Waals surface area contributed by atoms with E-state index in [2.05, 4.69) is 4.90 Å². The van der Waals surface area contributed by atoms with Gasteiger partial charge in [-0.3, -0.25) is 0 Å². The van der Waals surface area contributed by atoms with Crippen LogP contribution >= 0.6 is 0 Å². The van der Waals surface area contributed by atoms with Gasteiger partial charge in [0.2, 0.25) is 0 Å². The van der Waals surface area contributed by atoms with E-state index >= 15 is 0 Å². The van der Waals surface area contributed by atoms with Crippen LogP contribution in [-0.4, -0.2) is 30.9 Å². The van der Waals surface area contributed by atoms with E-state index in [1.54, 1.807) is 6.07 Å². The zero-order chi connectivity index (χ0) is 21.0. The van der Waals surface area contributed by atoms with Gasteiger partial charge in [0.1, 0.15) is 0 Å². The summed E-state index contributed by atoms with van der Waals surface area (Å²) in [6.45, 7) is 3.36. The van der Waals surface area contributed by atoms with Gasteiger partial charge in [-0.05, 0) is 69.3 Å². The molecule has 0 unspecified atom stereocenters. The fraction of sp³-hybridized carbons (Fsp3) is 0.333. The molecule has 154 valence electrons. The topological polar surface area (TPSA) is 42.3 Å². The number of hydrogen-bond donors (Lipinski definition) is 0. The third-order valence-electron chi connectivity index (χ3n) is 5.37. The lowest BCUT2D eigenvalue weighted by atomic mass is 10.1. The van der Waals surface area contributed by atoms with Gasteiger partial charge in [-0.15, -0.1) is 0 Å². The summed E-state index contributed by atoms with van der Waals surface area (Å²) in [4.78, 5) is 1.78. The smallest absolute Gasteiger partial charge is 0.302 e. The first kappa shape index (κ1) is 20.0. The average molecular weight is 422 g/mol. The first-order valence-electron chi connectivity index (χ1n) is 9.33. The van der Waals surface area contributed by atoms with E-state index in [-0.39, 0.29) is 4.90 Å². The monoisotopic (exact) mass is 422 g/mol. The summed E-state index contributed by atoms with van der Waals surface area (Å²) in [6, 6.07) is 9.47. The minimum atomic E-state index is -4.61. The lowest BCUT2D eigenvalue weighted by Gasteiger charge is -2.14. The van der Waals surface area contributed by atoms with Crippen LogP contribution in [0, 0.1) is 6.92 Å². The highest BCUT2D eigenvalue weighted by Crippen LogP contribution is 2.36. The Kier molecular flexibility index (Phi) is 4.74. The van der Waals surface area contributed by atoms with Crippen LogP contribution < -0.4 is 0 Å². The van der Waals surface area contributed by atoms with Crippen LogP contribution in [0.25, 0.3) is 10.9 Å². The lowest BCUT2D eigenvalue weighted by Crippen LogP contribution is -2.17. The molecule has 4 nitrogen and oxygen atoms in total. The van der Waals surface area contributed by atoms with Crippen molar-refractivity contribution in [2.75, 3.05) is 13.6 Å². The van der Waals surface area contributed by atoms with Gasteiger partial charge in [0, 0.05) is 17.6 Å². The van der Waals surface area contributed by atoms with Gasteiger partial charge in [-0.2, -0.15) is 13.2 Å². The maximum Gasteiger partial charge on any atom is 0.416 e. The molecule has 2 heterocycles. The Morgan fingerprint density at radius 2 is 1.83 bits per heavy atom. The van der Waals surface area contributed by atoms with Crippen molar-refractivity contribution >= 4 is 20.9 Å². The predicted octanol–water partition coefficient (Wildman–Crippen LogP) is 4.58. The van der Waals surface area contributed by atoms with Gasteiger partial charge in [-0.25, -0.2) is 12.4 Å². The summed E-state index contributed by atoms with van der Waals surface area (Å²) >= 11 is 0. The minimum absolute atomic E-state index is 0.356. The molecule has 0 fully saturated rings. The number of hydrogen-bond acceptors (Lipinski definition) is 3. The molecule has 0 radical (unpaired) electrons. The first-order valence-corrected chi connectivity index (χ1v) is 10.8. The van der Waals surface area contributed by atoms with Crippen LogP contribution in [0.15, 0.2) is 47.4 Å². The van der Waals surface area contributed by atoms with E-state index in [0.29, 0.717) is 30.2 Å². The molecule has 8 heteroatoms. The van der Waals surface area contributed by atoms with Gasteiger partial charge in [0.25, 0.3) is 10.0 Å². The van der Waals surface area contributed by atoms with Crippen molar-refractivity contribution in [3.63, 3.8) is 0 Å². The number of halogens is 3. The SMILES string of the molecule is Cc1ccc2c(c1)c1c(n2S(=O)(=O)c2cccc(C(F)(F)F)c2)CCCN(C)C1. The zero-order valence-corrected chi connectivity index (χ0v) is 16.9. The summed E-state index contributed by atoms with van der Waals surface area (Å²) < 4.78 is 67.8. The van der Waals surface area contributed by atoms with Crippen LogP contribution in [0.3, 0.4) is 0 Å². The Morgan fingerprint density at radius 1 is 1.07 bits per heavy atom. The maximum atomic E-state index is 13.5. The van der Waals surface area contributed by atoms with Gasteiger partial charge >= 0.3 is 6.18 Å². The molecule has 29 heavy (non-hydrogen) atoms. The van der Waals surface area contributed by atoms with Gasteiger partial charge in [0.15, 0.2) is 0 Å². The molecule has 1 aliphatic heterocycles. The average Bonchev–Trinajstić information content (AvgIpc) is 2.81. The molecule has 2 aromatic carbocycles.